The summed E-state index contributed by atoms with van der Waals surface area (Å²) in [4.78, 5) is 11.1. The zero-order valence-electron chi connectivity index (χ0n) is 6.48. The predicted molar refractivity (Wildman–Crippen MR) is 45.7 cm³/mol. The smallest absolute Gasteiger partial charge is 0.315 e. The number of phenolic OH excluding ortho intramolecular Hbond substituents is 1. The van der Waals surface area contributed by atoms with Crippen LogP contribution in [0.5, 0.6) is 5.75 Å². The highest BCUT2D eigenvalue weighted by Crippen LogP contribution is 2.22. The summed E-state index contributed by atoms with van der Waals surface area (Å²) >= 11 is 0.933. The molecule has 12 heavy (non-hydrogen) atoms. The maximum Gasteiger partial charge on any atom is 0.315 e. The van der Waals surface area contributed by atoms with E-state index in [2.05, 4.69) is 4.18 Å². The van der Waals surface area contributed by atoms with Gasteiger partial charge in [-0.15, -0.1) is 0 Å². The third-order valence-electron chi connectivity index (χ3n) is 1.07. The van der Waals surface area contributed by atoms with Gasteiger partial charge in [0.15, 0.2) is 0 Å². The molecule has 1 aromatic carbocycles. The molecule has 1 rings (SSSR count). The Bertz CT molecular complexity index is 285. The Balaban J connectivity index is 2.57. The summed E-state index contributed by atoms with van der Waals surface area (Å²) in [6, 6.07) is 6.50. The Morgan fingerprint density at radius 2 is 2.33 bits per heavy atom. The average molecular weight is 184 g/mol. The van der Waals surface area contributed by atoms with E-state index in [0.29, 0.717) is 4.90 Å². The fourth-order valence-corrected chi connectivity index (χ4v) is 1.16. The lowest BCUT2D eigenvalue weighted by Gasteiger charge is -1.98. The minimum atomic E-state index is -0.358. The highest BCUT2D eigenvalue weighted by molar-refractivity contribution is 7.95. The van der Waals surface area contributed by atoms with Crippen molar-refractivity contribution in [2.45, 2.75) is 11.8 Å². The number of hydrogen-bond donors (Lipinski definition) is 1. The molecule has 0 fully saturated rings. The normalized spacial score (nSPS) is 9.42. The molecule has 3 nitrogen and oxygen atoms in total. The van der Waals surface area contributed by atoms with E-state index in [-0.39, 0.29) is 11.7 Å². The van der Waals surface area contributed by atoms with Crippen molar-refractivity contribution in [1.29, 1.82) is 0 Å². The Hall–Kier alpha value is -1.16. The summed E-state index contributed by atoms with van der Waals surface area (Å²) in [5.41, 5.74) is 0. The van der Waals surface area contributed by atoms with Gasteiger partial charge in [-0.3, -0.25) is 4.79 Å². The molecule has 1 aromatic rings. The zero-order chi connectivity index (χ0) is 8.97. The molecule has 0 unspecified atom stereocenters. The third-order valence-corrected chi connectivity index (χ3v) is 1.84. The van der Waals surface area contributed by atoms with Gasteiger partial charge < -0.3 is 9.29 Å². The second-order valence-electron chi connectivity index (χ2n) is 2.16. The van der Waals surface area contributed by atoms with E-state index in [1.807, 2.05) is 0 Å². The Labute approximate surface area is 74.6 Å². The van der Waals surface area contributed by atoms with Gasteiger partial charge in [-0.1, -0.05) is 6.07 Å². The molecule has 0 heterocycles. The molecule has 1 N–H and O–H groups in total. The molecule has 0 saturated heterocycles. The van der Waals surface area contributed by atoms with Crippen LogP contribution in [0.25, 0.3) is 0 Å². The van der Waals surface area contributed by atoms with Crippen molar-refractivity contribution in [3.8, 4) is 5.75 Å². The van der Waals surface area contributed by atoms with Crippen molar-refractivity contribution in [2.75, 3.05) is 0 Å². The van der Waals surface area contributed by atoms with Gasteiger partial charge in [0.2, 0.25) is 0 Å². The summed E-state index contributed by atoms with van der Waals surface area (Å²) in [5.74, 6) is -0.199. The lowest BCUT2D eigenvalue weighted by Crippen LogP contribution is -1.88. The average Bonchev–Trinajstić information content (AvgIpc) is 2.01. The molecule has 64 valence electrons. The molecule has 4 heteroatoms. The van der Waals surface area contributed by atoms with E-state index in [1.165, 1.54) is 13.0 Å². The van der Waals surface area contributed by atoms with Crippen LogP contribution in [0.4, 0.5) is 0 Å². The number of aromatic hydroxyl groups is 1. The first-order valence-corrected chi connectivity index (χ1v) is 4.07. The first kappa shape index (κ1) is 8.93. The molecule has 0 aliphatic rings. The monoisotopic (exact) mass is 184 g/mol. The molecular formula is C8H8O3S. The fraction of sp³-hybridized carbons (Fsp3) is 0.125. The van der Waals surface area contributed by atoms with Gasteiger partial charge in [0.25, 0.3) is 0 Å². The SMILES string of the molecule is CC(=O)OSc1cccc(O)c1. The fourth-order valence-electron chi connectivity index (χ4n) is 0.642. The lowest BCUT2D eigenvalue weighted by molar-refractivity contribution is -0.130. The van der Waals surface area contributed by atoms with Crippen molar-refractivity contribution in [3.63, 3.8) is 0 Å². The van der Waals surface area contributed by atoms with Crippen molar-refractivity contribution in [1.82, 2.24) is 0 Å². The van der Waals surface area contributed by atoms with Crippen LogP contribution in [-0.4, -0.2) is 11.1 Å². The Kier molecular flexibility index (Phi) is 2.99. The third kappa shape index (κ3) is 2.84. The maximum absolute atomic E-state index is 10.4. The quantitative estimate of drug-likeness (QED) is 0.714. The van der Waals surface area contributed by atoms with Crippen molar-refractivity contribution in [2.24, 2.45) is 0 Å². The van der Waals surface area contributed by atoms with Gasteiger partial charge in [0.05, 0.1) is 16.9 Å². The topological polar surface area (TPSA) is 46.5 Å². The van der Waals surface area contributed by atoms with Crippen LogP contribution in [0.3, 0.4) is 0 Å². The van der Waals surface area contributed by atoms with Crippen molar-refractivity contribution >= 4 is 18.0 Å². The molecule has 0 saturated carbocycles. The van der Waals surface area contributed by atoms with Gasteiger partial charge in [0, 0.05) is 6.92 Å². The van der Waals surface area contributed by atoms with Crippen LogP contribution in [0.15, 0.2) is 29.2 Å². The molecule has 0 aromatic heterocycles. The van der Waals surface area contributed by atoms with Crippen LogP contribution in [0.1, 0.15) is 6.92 Å². The Morgan fingerprint density at radius 1 is 1.58 bits per heavy atom. The van der Waals surface area contributed by atoms with Crippen LogP contribution in [0, 0.1) is 0 Å². The Morgan fingerprint density at radius 3 is 2.92 bits per heavy atom. The van der Waals surface area contributed by atoms with Gasteiger partial charge in [-0.25, -0.2) is 0 Å². The molecule has 0 aliphatic carbocycles. The summed E-state index contributed by atoms with van der Waals surface area (Å²) in [6.45, 7) is 1.33. The summed E-state index contributed by atoms with van der Waals surface area (Å²) < 4.78 is 4.65. The van der Waals surface area contributed by atoms with E-state index in [1.54, 1.807) is 18.2 Å². The van der Waals surface area contributed by atoms with E-state index in [9.17, 15) is 4.79 Å². The minimum absolute atomic E-state index is 0.159. The molecule has 0 amide bonds. The molecule has 0 bridgehead atoms. The van der Waals surface area contributed by atoms with Crippen LogP contribution in [-0.2, 0) is 8.98 Å². The zero-order valence-corrected chi connectivity index (χ0v) is 7.30. The summed E-state index contributed by atoms with van der Waals surface area (Å²) in [7, 11) is 0. The van der Waals surface area contributed by atoms with E-state index >= 15 is 0 Å². The second-order valence-corrected chi connectivity index (χ2v) is 2.96. The first-order valence-electron chi connectivity index (χ1n) is 3.32. The van der Waals surface area contributed by atoms with E-state index in [0.717, 1.165) is 12.0 Å². The van der Waals surface area contributed by atoms with E-state index < -0.39 is 0 Å². The highest BCUT2D eigenvalue weighted by Gasteiger charge is 1.98. The minimum Gasteiger partial charge on any atom is -0.508 e. The molecule has 0 spiro atoms. The van der Waals surface area contributed by atoms with Gasteiger partial charge in [0.1, 0.15) is 5.75 Å². The summed E-state index contributed by atoms with van der Waals surface area (Å²) in [6.07, 6.45) is 0. The van der Waals surface area contributed by atoms with Crippen molar-refractivity contribution in [3.05, 3.63) is 24.3 Å². The van der Waals surface area contributed by atoms with Crippen LogP contribution < -0.4 is 0 Å². The predicted octanol–water partition coefficient (Wildman–Crippen LogP) is 1.96. The van der Waals surface area contributed by atoms with Crippen LogP contribution >= 0.6 is 12.0 Å². The van der Waals surface area contributed by atoms with E-state index in [4.69, 9.17) is 5.11 Å². The standard InChI is InChI=1S/C8H8O3S/c1-6(9)11-12-8-4-2-3-7(10)5-8/h2-5,10H,1H3. The molecular weight excluding hydrogens is 176 g/mol. The van der Waals surface area contributed by atoms with Crippen LogP contribution in [0.2, 0.25) is 0 Å². The molecule has 0 aliphatic heterocycles. The number of phenols is 1. The molecule has 0 radical (unpaired) electrons. The first-order chi connectivity index (χ1) is 5.68. The van der Waals surface area contributed by atoms with Gasteiger partial charge in [-0.2, -0.15) is 0 Å². The highest BCUT2D eigenvalue weighted by atomic mass is 32.2. The lowest BCUT2D eigenvalue weighted by atomic mass is 10.3. The van der Waals surface area contributed by atoms with Crippen molar-refractivity contribution < 1.29 is 14.1 Å². The number of hydrogen-bond acceptors (Lipinski definition) is 4. The number of benzene rings is 1. The largest absolute Gasteiger partial charge is 0.508 e. The summed E-state index contributed by atoms with van der Waals surface area (Å²) in [5, 5.41) is 9.02. The van der Waals surface area contributed by atoms with Gasteiger partial charge in [-0.05, 0) is 18.2 Å². The molecule has 0 atom stereocenters. The van der Waals surface area contributed by atoms with Gasteiger partial charge >= 0.3 is 5.97 Å². The maximum atomic E-state index is 10.4. The second kappa shape index (κ2) is 4.01. The number of rotatable bonds is 2. The number of carbonyl (C=O) groups is 1. The number of carbonyl (C=O) groups excluding carboxylic acids is 1.